The Bertz CT molecular complexity index is 377. The molecule has 0 bridgehead atoms. The molecule has 156 valence electrons. The molecule has 1 unspecified atom stereocenters. The smallest absolute Gasteiger partial charge is 0.191 e. The van der Waals surface area contributed by atoms with E-state index < -0.39 is 5.60 Å². The van der Waals surface area contributed by atoms with Crippen LogP contribution in [0.4, 0.5) is 0 Å². The van der Waals surface area contributed by atoms with Crippen molar-refractivity contribution in [1.82, 2.24) is 20.4 Å². The van der Waals surface area contributed by atoms with Gasteiger partial charge in [0.15, 0.2) is 5.96 Å². The Morgan fingerprint density at radius 1 is 1.19 bits per heavy atom. The highest BCUT2D eigenvalue weighted by molar-refractivity contribution is 14.0. The number of ether oxygens (including phenoxy) is 1. The average Bonchev–Trinajstić information content (AvgIpc) is 2.59. The van der Waals surface area contributed by atoms with Crippen molar-refractivity contribution in [3.05, 3.63) is 0 Å². The van der Waals surface area contributed by atoms with Crippen LogP contribution < -0.4 is 10.6 Å². The Morgan fingerprint density at radius 2 is 1.88 bits per heavy atom. The summed E-state index contributed by atoms with van der Waals surface area (Å²) in [5.74, 6) is 0.775. The number of nitrogens with one attached hydrogen (secondary N) is 2. The number of likely N-dealkylation sites (N-methyl/N-ethyl adjacent to an activating group) is 1. The lowest BCUT2D eigenvalue weighted by molar-refractivity contribution is -0.0179. The van der Waals surface area contributed by atoms with Crippen LogP contribution in [0.5, 0.6) is 0 Å². The normalized spacial score (nSPS) is 18.3. The van der Waals surface area contributed by atoms with E-state index in [2.05, 4.69) is 46.2 Å². The maximum atomic E-state index is 10.7. The molecule has 1 saturated heterocycles. The molecule has 0 radical (unpaired) electrons. The Balaban J connectivity index is 0.00000625. The number of aliphatic imine (C=N–C) groups is 1. The van der Waals surface area contributed by atoms with Crippen molar-refractivity contribution in [2.75, 3.05) is 72.1 Å². The predicted octanol–water partition coefficient (Wildman–Crippen LogP) is 0.975. The van der Waals surface area contributed by atoms with E-state index in [0.29, 0.717) is 13.1 Å². The predicted molar refractivity (Wildman–Crippen MR) is 120 cm³/mol. The van der Waals surface area contributed by atoms with Gasteiger partial charge in [-0.3, -0.25) is 9.89 Å². The molecule has 26 heavy (non-hydrogen) atoms. The molecule has 0 amide bonds. The van der Waals surface area contributed by atoms with Crippen LogP contribution >= 0.6 is 24.0 Å². The van der Waals surface area contributed by atoms with E-state index >= 15 is 0 Å². The number of β-amino-alcohol motifs (C(OH)–C–C–N with tert-alkyl or cyclic N) is 1. The summed E-state index contributed by atoms with van der Waals surface area (Å²) in [5, 5.41) is 17.3. The second-order valence-electron chi connectivity index (χ2n) is 6.94. The van der Waals surface area contributed by atoms with Gasteiger partial charge < -0.3 is 25.4 Å². The summed E-state index contributed by atoms with van der Waals surface area (Å²) in [6, 6.07) is 0. The summed E-state index contributed by atoms with van der Waals surface area (Å²) in [6.07, 6.45) is 1.17. The Labute approximate surface area is 177 Å². The van der Waals surface area contributed by atoms with Gasteiger partial charge in [0.1, 0.15) is 0 Å². The van der Waals surface area contributed by atoms with E-state index in [1.807, 2.05) is 6.92 Å². The minimum atomic E-state index is -0.836. The minimum absolute atomic E-state index is 0. The minimum Gasteiger partial charge on any atom is -0.387 e. The van der Waals surface area contributed by atoms with Crippen molar-refractivity contribution in [2.45, 2.75) is 39.7 Å². The fourth-order valence-electron chi connectivity index (χ4n) is 2.96. The third kappa shape index (κ3) is 11.5. The topological polar surface area (TPSA) is 72.4 Å². The molecular formula is C18H40IN5O2. The van der Waals surface area contributed by atoms with Crippen LogP contribution in [-0.4, -0.2) is 98.6 Å². The Morgan fingerprint density at radius 3 is 2.46 bits per heavy atom. The third-order valence-electron chi connectivity index (χ3n) is 4.30. The van der Waals surface area contributed by atoms with Crippen LogP contribution in [0.25, 0.3) is 0 Å². The molecule has 0 spiro atoms. The summed E-state index contributed by atoms with van der Waals surface area (Å²) >= 11 is 0. The highest BCUT2D eigenvalue weighted by atomic mass is 127. The number of hydrogen-bond acceptors (Lipinski definition) is 5. The first-order chi connectivity index (χ1) is 12.0. The maximum absolute atomic E-state index is 10.7. The summed E-state index contributed by atoms with van der Waals surface area (Å²) in [5.41, 5.74) is -0.836. The standard InChI is InChI=1S/C18H39N5O2.HI/c1-5-9-22(7-3)10-8-20-17(19-6-2)21-15-18(4,24)16-23-11-13-25-14-12-23;/h24H,5-16H2,1-4H3,(H2,19,20,21);1H. The first kappa shape index (κ1) is 25.8. The Kier molecular flexibility index (Phi) is 14.8. The molecule has 1 heterocycles. The molecule has 3 N–H and O–H groups in total. The number of rotatable bonds is 11. The van der Waals surface area contributed by atoms with Gasteiger partial charge in [0, 0.05) is 39.3 Å². The van der Waals surface area contributed by atoms with Gasteiger partial charge in [-0.05, 0) is 33.4 Å². The highest BCUT2D eigenvalue weighted by Crippen LogP contribution is 2.09. The van der Waals surface area contributed by atoms with Crippen molar-refractivity contribution in [2.24, 2.45) is 4.99 Å². The average molecular weight is 485 g/mol. The van der Waals surface area contributed by atoms with Crippen LogP contribution in [0, 0.1) is 0 Å². The van der Waals surface area contributed by atoms with Crippen LogP contribution in [0.15, 0.2) is 4.99 Å². The van der Waals surface area contributed by atoms with Crippen molar-refractivity contribution >= 4 is 29.9 Å². The van der Waals surface area contributed by atoms with Crippen LogP contribution in [0.1, 0.15) is 34.1 Å². The van der Waals surface area contributed by atoms with Crippen molar-refractivity contribution in [3.8, 4) is 0 Å². The second-order valence-corrected chi connectivity index (χ2v) is 6.94. The van der Waals surface area contributed by atoms with E-state index in [1.54, 1.807) is 0 Å². The van der Waals surface area contributed by atoms with Gasteiger partial charge in [0.2, 0.25) is 0 Å². The van der Waals surface area contributed by atoms with Gasteiger partial charge in [0.25, 0.3) is 0 Å². The van der Waals surface area contributed by atoms with E-state index in [4.69, 9.17) is 4.74 Å². The van der Waals surface area contributed by atoms with Gasteiger partial charge >= 0.3 is 0 Å². The molecule has 0 aliphatic carbocycles. The number of halogens is 1. The molecule has 0 aromatic carbocycles. The lowest BCUT2D eigenvalue weighted by Crippen LogP contribution is -2.48. The van der Waals surface area contributed by atoms with E-state index in [9.17, 15) is 5.11 Å². The monoisotopic (exact) mass is 485 g/mol. The lowest BCUT2D eigenvalue weighted by Gasteiger charge is -2.33. The van der Waals surface area contributed by atoms with Gasteiger partial charge in [-0.15, -0.1) is 24.0 Å². The van der Waals surface area contributed by atoms with E-state index in [1.165, 1.54) is 6.42 Å². The number of guanidine groups is 1. The van der Waals surface area contributed by atoms with Crippen LogP contribution in [-0.2, 0) is 4.74 Å². The molecule has 7 nitrogen and oxygen atoms in total. The zero-order chi connectivity index (χ0) is 18.5. The fourth-order valence-corrected chi connectivity index (χ4v) is 2.96. The molecule has 1 aliphatic rings. The number of aliphatic hydroxyl groups is 1. The Hall–Kier alpha value is -0.160. The van der Waals surface area contributed by atoms with Crippen molar-refractivity contribution < 1.29 is 9.84 Å². The molecule has 0 aromatic heterocycles. The number of hydrogen-bond donors (Lipinski definition) is 3. The molecule has 1 atom stereocenters. The molecule has 1 rings (SSSR count). The quantitative estimate of drug-likeness (QED) is 0.230. The highest BCUT2D eigenvalue weighted by Gasteiger charge is 2.25. The summed E-state index contributed by atoms with van der Waals surface area (Å²) in [7, 11) is 0. The molecule has 1 fully saturated rings. The van der Waals surface area contributed by atoms with Crippen molar-refractivity contribution in [3.63, 3.8) is 0 Å². The zero-order valence-corrected chi connectivity index (χ0v) is 19.4. The molecule has 8 heteroatoms. The SMILES string of the molecule is CCCN(CC)CCNC(=NCC(C)(O)CN1CCOCC1)NCC.I. The second kappa shape index (κ2) is 14.8. The van der Waals surface area contributed by atoms with Crippen LogP contribution in [0.3, 0.4) is 0 Å². The number of nitrogens with zero attached hydrogens (tertiary/aromatic N) is 3. The summed E-state index contributed by atoms with van der Waals surface area (Å²) < 4.78 is 5.36. The van der Waals surface area contributed by atoms with Gasteiger partial charge in [-0.25, -0.2) is 0 Å². The van der Waals surface area contributed by atoms with E-state index in [-0.39, 0.29) is 24.0 Å². The molecule has 0 saturated carbocycles. The third-order valence-corrected chi connectivity index (χ3v) is 4.30. The van der Waals surface area contributed by atoms with Gasteiger partial charge in [-0.1, -0.05) is 13.8 Å². The first-order valence-electron chi connectivity index (χ1n) is 9.77. The first-order valence-corrected chi connectivity index (χ1v) is 9.77. The molecule has 1 aliphatic heterocycles. The fraction of sp³-hybridized carbons (Fsp3) is 0.944. The van der Waals surface area contributed by atoms with Gasteiger partial charge in [-0.2, -0.15) is 0 Å². The zero-order valence-electron chi connectivity index (χ0n) is 17.1. The van der Waals surface area contributed by atoms with E-state index in [0.717, 1.165) is 65.0 Å². The lowest BCUT2D eigenvalue weighted by atomic mass is 10.1. The van der Waals surface area contributed by atoms with Crippen LogP contribution in [0.2, 0.25) is 0 Å². The molecule has 0 aromatic rings. The van der Waals surface area contributed by atoms with Gasteiger partial charge in [0.05, 0.1) is 25.4 Å². The van der Waals surface area contributed by atoms with Crippen molar-refractivity contribution in [1.29, 1.82) is 0 Å². The number of morpholine rings is 1. The summed E-state index contributed by atoms with van der Waals surface area (Å²) in [6.45, 7) is 17.4. The maximum Gasteiger partial charge on any atom is 0.191 e. The summed E-state index contributed by atoms with van der Waals surface area (Å²) in [4.78, 5) is 9.25. The molecular weight excluding hydrogens is 445 g/mol. The largest absolute Gasteiger partial charge is 0.387 e.